The van der Waals surface area contributed by atoms with Crippen LogP contribution in [0.2, 0.25) is 0 Å². The maximum absolute atomic E-state index is 4.84. The molecule has 0 saturated heterocycles. The zero-order chi connectivity index (χ0) is 13.3. The summed E-state index contributed by atoms with van der Waals surface area (Å²) < 4.78 is 0. The van der Waals surface area contributed by atoms with Crippen LogP contribution in [-0.4, -0.2) is 12.0 Å². The molecule has 0 bridgehead atoms. The molecule has 2 heteroatoms. The molecule has 1 aromatic carbocycles. The van der Waals surface area contributed by atoms with E-state index in [0.717, 1.165) is 17.6 Å². The van der Waals surface area contributed by atoms with Gasteiger partial charge >= 0.3 is 0 Å². The summed E-state index contributed by atoms with van der Waals surface area (Å²) in [7, 11) is 2.00. The van der Waals surface area contributed by atoms with E-state index in [0.29, 0.717) is 5.92 Å². The van der Waals surface area contributed by atoms with E-state index < -0.39 is 0 Å². The highest BCUT2D eigenvalue weighted by Gasteiger charge is 2.15. The molecule has 0 atom stereocenters. The third kappa shape index (κ3) is 1.96. The Balaban J connectivity index is 2.88. The average molecular weight is 242 g/mol. The molecule has 2 rings (SSSR count). The maximum Gasteiger partial charge on any atom is 0.0758 e. The summed E-state index contributed by atoms with van der Waals surface area (Å²) in [6, 6.07) is 6.46. The number of hydrogen-bond donors (Lipinski definition) is 1. The summed E-state index contributed by atoms with van der Waals surface area (Å²) in [4.78, 5) is 4.84. The minimum atomic E-state index is 0.481. The van der Waals surface area contributed by atoms with E-state index in [4.69, 9.17) is 4.98 Å². The van der Waals surface area contributed by atoms with Crippen LogP contribution in [0.15, 0.2) is 18.2 Å². The smallest absolute Gasteiger partial charge is 0.0758 e. The fraction of sp³-hybridized carbons (Fsp3) is 0.438. The van der Waals surface area contributed by atoms with Gasteiger partial charge in [0.2, 0.25) is 0 Å². The SMILES string of the molecule is CCc1cccc2c(NC)c(C(C)C)c(C)nc12. The van der Waals surface area contributed by atoms with Crippen LogP contribution in [0.1, 0.15) is 43.5 Å². The van der Waals surface area contributed by atoms with Crippen molar-refractivity contribution in [2.45, 2.75) is 40.0 Å². The number of para-hydroxylation sites is 1. The van der Waals surface area contributed by atoms with E-state index in [9.17, 15) is 0 Å². The number of fused-ring (bicyclic) bond motifs is 1. The lowest BCUT2D eigenvalue weighted by molar-refractivity contribution is 0.849. The van der Waals surface area contributed by atoms with Crippen LogP contribution >= 0.6 is 0 Å². The van der Waals surface area contributed by atoms with Crippen molar-refractivity contribution in [1.82, 2.24) is 4.98 Å². The van der Waals surface area contributed by atoms with Gasteiger partial charge in [0.1, 0.15) is 0 Å². The van der Waals surface area contributed by atoms with Gasteiger partial charge in [0.05, 0.1) is 5.52 Å². The van der Waals surface area contributed by atoms with Crippen molar-refractivity contribution in [2.75, 3.05) is 12.4 Å². The second-order valence-corrected chi connectivity index (χ2v) is 5.06. The highest BCUT2D eigenvalue weighted by Crippen LogP contribution is 2.34. The largest absolute Gasteiger partial charge is 0.387 e. The molecule has 0 spiro atoms. The van der Waals surface area contributed by atoms with E-state index in [1.54, 1.807) is 0 Å². The third-order valence-corrected chi connectivity index (χ3v) is 3.54. The first-order valence-electron chi connectivity index (χ1n) is 6.70. The van der Waals surface area contributed by atoms with Crippen LogP contribution in [0.4, 0.5) is 5.69 Å². The number of pyridine rings is 1. The lowest BCUT2D eigenvalue weighted by atomic mass is 9.95. The fourth-order valence-corrected chi connectivity index (χ4v) is 2.74. The van der Waals surface area contributed by atoms with Gasteiger partial charge in [0.25, 0.3) is 0 Å². The Kier molecular flexibility index (Phi) is 3.55. The normalized spacial score (nSPS) is 11.2. The second kappa shape index (κ2) is 4.97. The highest BCUT2D eigenvalue weighted by atomic mass is 14.8. The molecular weight excluding hydrogens is 220 g/mol. The Labute approximate surface area is 109 Å². The minimum absolute atomic E-state index is 0.481. The number of benzene rings is 1. The Bertz CT molecular complexity index is 571. The van der Waals surface area contributed by atoms with E-state index in [1.807, 2.05) is 7.05 Å². The van der Waals surface area contributed by atoms with Gasteiger partial charge in [0.15, 0.2) is 0 Å². The number of aromatic nitrogens is 1. The molecule has 18 heavy (non-hydrogen) atoms. The van der Waals surface area contributed by atoms with Gasteiger partial charge in [-0.3, -0.25) is 4.98 Å². The van der Waals surface area contributed by atoms with Crippen LogP contribution in [0.5, 0.6) is 0 Å². The first kappa shape index (κ1) is 12.9. The molecule has 0 radical (unpaired) electrons. The third-order valence-electron chi connectivity index (χ3n) is 3.54. The van der Waals surface area contributed by atoms with E-state index in [1.165, 1.54) is 22.2 Å². The molecule has 0 fully saturated rings. The van der Waals surface area contributed by atoms with Crippen LogP contribution in [-0.2, 0) is 6.42 Å². The number of aryl methyl sites for hydroxylation is 2. The first-order valence-corrected chi connectivity index (χ1v) is 6.70. The molecule has 0 aliphatic heterocycles. The molecule has 0 amide bonds. The molecule has 96 valence electrons. The Morgan fingerprint density at radius 2 is 2.00 bits per heavy atom. The van der Waals surface area contributed by atoms with Gasteiger partial charge in [-0.2, -0.15) is 0 Å². The molecule has 1 aromatic heterocycles. The summed E-state index contributed by atoms with van der Waals surface area (Å²) >= 11 is 0. The fourth-order valence-electron chi connectivity index (χ4n) is 2.74. The summed E-state index contributed by atoms with van der Waals surface area (Å²) in [5.41, 5.74) is 6.18. The Hall–Kier alpha value is -1.57. The zero-order valence-electron chi connectivity index (χ0n) is 12.0. The molecule has 0 aliphatic rings. The van der Waals surface area contributed by atoms with E-state index >= 15 is 0 Å². The van der Waals surface area contributed by atoms with Crippen molar-refractivity contribution in [2.24, 2.45) is 0 Å². The number of nitrogens with zero attached hydrogens (tertiary/aromatic N) is 1. The Morgan fingerprint density at radius 3 is 2.56 bits per heavy atom. The molecular formula is C16H22N2. The summed E-state index contributed by atoms with van der Waals surface area (Å²) in [5.74, 6) is 0.481. The van der Waals surface area contributed by atoms with Crippen molar-refractivity contribution in [3.8, 4) is 0 Å². The van der Waals surface area contributed by atoms with Gasteiger partial charge in [-0.1, -0.05) is 39.0 Å². The molecule has 0 unspecified atom stereocenters. The summed E-state index contributed by atoms with van der Waals surface area (Å²) in [6.07, 6.45) is 1.02. The predicted octanol–water partition coefficient (Wildman–Crippen LogP) is 4.27. The van der Waals surface area contributed by atoms with Crippen LogP contribution in [0.3, 0.4) is 0 Å². The van der Waals surface area contributed by atoms with Gasteiger partial charge < -0.3 is 5.32 Å². The van der Waals surface area contributed by atoms with Crippen LogP contribution < -0.4 is 5.32 Å². The van der Waals surface area contributed by atoms with Crippen molar-refractivity contribution < 1.29 is 0 Å². The Morgan fingerprint density at radius 1 is 1.28 bits per heavy atom. The quantitative estimate of drug-likeness (QED) is 0.869. The topological polar surface area (TPSA) is 24.9 Å². The van der Waals surface area contributed by atoms with Crippen molar-refractivity contribution in [3.63, 3.8) is 0 Å². The number of hydrogen-bond acceptors (Lipinski definition) is 2. The first-order chi connectivity index (χ1) is 8.60. The molecule has 2 aromatic rings. The zero-order valence-corrected chi connectivity index (χ0v) is 12.0. The van der Waals surface area contributed by atoms with Crippen molar-refractivity contribution in [3.05, 3.63) is 35.0 Å². The van der Waals surface area contributed by atoms with Crippen molar-refractivity contribution >= 4 is 16.6 Å². The lowest BCUT2D eigenvalue weighted by Gasteiger charge is -2.18. The summed E-state index contributed by atoms with van der Waals surface area (Å²) in [6.45, 7) is 8.74. The molecule has 0 aliphatic carbocycles. The lowest BCUT2D eigenvalue weighted by Crippen LogP contribution is -2.04. The van der Waals surface area contributed by atoms with Gasteiger partial charge in [-0.05, 0) is 30.4 Å². The highest BCUT2D eigenvalue weighted by molar-refractivity contribution is 5.95. The number of rotatable bonds is 3. The second-order valence-electron chi connectivity index (χ2n) is 5.06. The molecule has 2 nitrogen and oxygen atoms in total. The van der Waals surface area contributed by atoms with Crippen molar-refractivity contribution in [1.29, 1.82) is 0 Å². The van der Waals surface area contributed by atoms with Gasteiger partial charge in [-0.25, -0.2) is 0 Å². The molecule has 1 heterocycles. The molecule has 0 saturated carbocycles. The average Bonchev–Trinajstić information content (AvgIpc) is 2.35. The van der Waals surface area contributed by atoms with Crippen LogP contribution in [0.25, 0.3) is 10.9 Å². The maximum atomic E-state index is 4.84. The predicted molar refractivity (Wildman–Crippen MR) is 79.5 cm³/mol. The van der Waals surface area contributed by atoms with Crippen LogP contribution in [0, 0.1) is 6.92 Å². The minimum Gasteiger partial charge on any atom is -0.387 e. The monoisotopic (exact) mass is 242 g/mol. The number of nitrogens with one attached hydrogen (secondary N) is 1. The van der Waals surface area contributed by atoms with E-state index in [-0.39, 0.29) is 0 Å². The number of anilines is 1. The summed E-state index contributed by atoms with van der Waals surface area (Å²) in [5, 5.41) is 4.61. The van der Waals surface area contributed by atoms with E-state index in [2.05, 4.69) is 51.2 Å². The van der Waals surface area contributed by atoms with Gasteiger partial charge in [0, 0.05) is 23.8 Å². The molecule has 1 N–H and O–H groups in total. The standard InChI is InChI=1S/C16H22N2/c1-6-12-8-7-9-13-15(12)18-11(4)14(10(2)3)16(13)17-5/h7-10H,6H2,1-5H3,(H,17,18). The van der Waals surface area contributed by atoms with Gasteiger partial charge in [-0.15, -0.1) is 0 Å².